The monoisotopic (exact) mass is 266 g/mol. The van der Waals surface area contributed by atoms with Gasteiger partial charge in [-0.15, -0.1) is 0 Å². The number of hydrogen-bond donors (Lipinski definition) is 2. The number of carboxylic acid groups (broad SMARTS) is 1. The lowest BCUT2D eigenvalue weighted by Crippen LogP contribution is -2.49. The van der Waals surface area contributed by atoms with Crippen molar-refractivity contribution < 1.29 is 14.7 Å². The van der Waals surface area contributed by atoms with Crippen LogP contribution in [0, 0.1) is 6.92 Å². The van der Waals surface area contributed by atoms with Crippen LogP contribution in [0.25, 0.3) is 0 Å². The van der Waals surface area contributed by atoms with E-state index in [2.05, 4.69) is 5.10 Å². The second-order valence-electron chi connectivity index (χ2n) is 4.82. The van der Waals surface area contributed by atoms with Crippen LogP contribution in [0.5, 0.6) is 0 Å². The number of hydrogen-bond acceptors (Lipinski definition) is 4. The number of primary amides is 1. The third kappa shape index (κ3) is 2.27. The Morgan fingerprint density at radius 3 is 2.68 bits per heavy atom. The van der Waals surface area contributed by atoms with Crippen LogP contribution in [0.15, 0.2) is 0 Å². The van der Waals surface area contributed by atoms with Gasteiger partial charge in [-0.1, -0.05) is 0 Å². The summed E-state index contributed by atoms with van der Waals surface area (Å²) in [7, 11) is 1.68. The first kappa shape index (κ1) is 13.4. The highest BCUT2D eigenvalue weighted by atomic mass is 16.4. The second kappa shape index (κ2) is 4.91. The van der Waals surface area contributed by atoms with E-state index in [-0.39, 0.29) is 5.56 Å². The van der Waals surface area contributed by atoms with Gasteiger partial charge in [0.25, 0.3) is 0 Å². The van der Waals surface area contributed by atoms with Crippen molar-refractivity contribution in [2.24, 2.45) is 12.8 Å². The van der Waals surface area contributed by atoms with Crippen LogP contribution in [-0.2, 0) is 11.8 Å². The lowest BCUT2D eigenvalue weighted by Gasteiger charge is -2.35. The normalized spacial score (nSPS) is 19.5. The summed E-state index contributed by atoms with van der Waals surface area (Å²) < 4.78 is 1.51. The Kier molecular flexibility index (Phi) is 3.46. The first-order chi connectivity index (χ1) is 8.93. The molecular formula is C12H18N4O3. The molecule has 0 radical (unpaired) electrons. The Morgan fingerprint density at radius 2 is 2.11 bits per heavy atom. The number of aryl methyl sites for hydroxylation is 2. The third-order valence-electron chi connectivity index (χ3n) is 3.51. The van der Waals surface area contributed by atoms with E-state index >= 15 is 0 Å². The minimum absolute atomic E-state index is 0.149. The minimum Gasteiger partial charge on any atom is -0.477 e. The molecule has 2 heterocycles. The van der Waals surface area contributed by atoms with E-state index in [0.29, 0.717) is 24.5 Å². The molecule has 1 aliphatic heterocycles. The van der Waals surface area contributed by atoms with E-state index in [1.807, 2.05) is 0 Å². The number of piperidine rings is 1. The van der Waals surface area contributed by atoms with Crippen LogP contribution in [0.1, 0.15) is 35.3 Å². The number of carbonyl (C=O) groups is 2. The van der Waals surface area contributed by atoms with Crippen molar-refractivity contribution in [3.05, 3.63) is 11.3 Å². The maximum atomic E-state index is 11.5. The summed E-state index contributed by atoms with van der Waals surface area (Å²) in [6.45, 7) is 2.27. The summed E-state index contributed by atoms with van der Waals surface area (Å²) in [4.78, 5) is 24.7. The molecule has 7 nitrogen and oxygen atoms in total. The van der Waals surface area contributed by atoms with Crippen LogP contribution in [0.3, 0.4) is 0 Å². The molecule has 1 saturated heterocycles. The van der Waals surface area contributed by atoms with Crippen molar-refractivity contribution in [1.29, 1.82) is 0 Å². The average Bonchev–Trinajstić information content (AvgIpc) is 2.64. The van der Waals surface area contributed by atoms with Crippen LogP contribution in [0.4, 0.5) is 5.82 Å². The topological polar surface area (TPSA) is 101 Å². The van der Waals surface area contributed by atoms with Gasteiger partial charge in [-0.2, -0.15) is 5.10 Å². The Labute approximate surface area is 111 Å². The lowest BCUT2D eigenvalue weighted by molar-refractivity contribution is -0.119. The Hall–Kier alpha value is -2.05. The summed E-state index contributed by atoms with van der Waals surface area (Å²) in [6.07, 6.45) is 2.48. The van der Waals surface area contributed by atoms with Crippen LogP contribution in [-0.4, -0.2) is 39.4 Å². The van der Waals surface area contributed by atoms with Crippen molar-refractivity contribution in [2.45, 2.75) is 32.2 Å². The van der Waals surface area contributed by atoms with Gasteiger partial charge in [0.2, 0.25) is 5.91 Å². The van der Waals surface area contributed by atoms with E-state index in [0.717, 1.165) is 12.8 Å². The standard InChI is InChI=1S/C12H18N4O3/c1-7-9(12(18)19)11(15(2)14-7)16-6-4-3-5-8(16)10(13)17/h8H,3-6H2,1-2H3,(H2,13,17)(H,18,19). The zero-order valence-corrected chi connectivity index (χ0v) is 11.1. The molecule has 1 fully saturated rings. The number of nitrogens with two attached hydrogens (primary N) is 1. The molecule has 1 unspecified atom stereocenters. The van der Waals surface area contributed by atoms with Gasteiger partial charge >= 0.3 is 5.97 Å². The molecule has 19 heavy (non-hydrogen) atoms. The molecular weight excluding hydrogens is 248 g/mol. The van der Waals surface area contributed by atoms with Gasteiger partial charge in [-0.25, -0.2) is 4.79 Å². The summed E-state index contributed by atoms with van der Waals surface area (Å²) in [6, 6.07) is -0.457. The summed E-state index contributed by atoms with van der Waals surface area (Å²) in [5, 5.41) is 13.5. The Bertz CT molecular complexity index is 523. The smallest absolute Gasteiger partial charge is 0.341 e. The molecule has 104 valence electrons. The van der Waals surface area contributed by atoms with Crippen molar-refractivity contribution in [3.63, 3.8) is 0 Å². The highest BCUT2D eigenvalue weighted by Crippen LogP contribution is 2.29. The molecule has 3 N–H and O–H groups in total. The summed E-state index contributed by atoms with van der Waals surface area (Å²) in [5.41, 5.74) is 6.01. The Morgan fingerprint density at radius 1 is 1.42 bits per heavy atom. The molecule has 7 heteroatoms. The van der Waals surface area contributed by atoms with Gasteiger partial charge in [0.05, 0.1) is 5.69 Å². The number of amides is 1. The third-order valence-corrected chi connectivity index (χ3v) is 3.51. The van der Waals surface area contributed by atoms with E-state index in [1.165, 1.54) is 4.68 Å². The fraction of sp³-hybridized carbons (Fsp3) is 0.583. The summed E-state index contributed by atoms with van der Waals surface area (Å²) >= 11 is 0. The van der Waals surface area contributed by atoms with Crippen molar-refractivity contribution >= 4 is 17.7 Å². The molecule has 0 aromatic carbocycles. The van der Waals surface area contributed by atoms with Crippen LogP contribution >= 0.6 is 0 Å². The average molecular weight is 266 g/mol. The van der Waals surface area contributed by atoms with Crippen molar-refractivity contribution in [1.82, 2.24) is 9.78 Å². The van der Waals surface area contributed by atoms with Crippen LogP contribution < -0.4 is 10.6 Å². The zero-order chi connectivity index (χ0) is 14.2. The predicted molar refractivity (Wildman–Crippen MR) is 69.1 cm³/mol. The maximum absolute atomic E-state index is 11.5. The van der Waals surface area contributed by atoms with Gasteiger partial charge in [0.15, 0.2) is 0 Å². The van der Waals surface area contributed by atoms with E-state index in [4.69, 9.17) is 5.73 Å². The van der Waals surface area contributed by atoms with E-state index in [9.17, 15) is 14.7 Å². The maximum Gasteiger partial charge on any atom is 0.341 e. The molecule has 0 aliphatic carbocycles. The predicted octanol–water partition coefficient (Wildman–Crippen LogP) is 0.271. The van der Waals surface area contributed by atoms with Gasteiger partial charge in [-0.3, -0.25) is 9.48 Å². The highest BCUT2D eigenvalue weighted by Gasteiger charge is 2.33. The summed E-state index contributed by atoms with van der Waals surface area (Å²) in [5.74, 6) is -0.988. The molecule has 0 saturated carbocycles. The fourth-order valence-corrected chi connectivity index (χ4v) is 2.71. The molecule has 1 aliphatic rings. The number of aromatic nitrogens is 2. The van der Waals surface area contributed by atoms with Gasteiger partial charge in [-0.05, 0) is 26.2 Å². The van der Waals surface area contributed by atoms with E-state index in [1.54, 1.807) is 18.9 Å². The highest BCUT2D eigenvalue weighted by molar-refractivity contribution is 5.96. The molecule has 1 aromatic heterocycles. The molecule has 1 aromatic rings. The lowest BCUT2D eigenvalue weighted by atomic mass is 10.0. The van der Waals surface area contributed by atoms with Gasteiger partial charge < -0.3 is 15.7 Å². The SMILES string of the molecule is Cc1nn(C)c(N2CCCCC2C(N)=O)c1C(=O)O. The first-order valence-electron chi connectivity index (χ1n) is 6.26. The number of aromatic carboxylic acids is 1. The van der Waals surface area contributed by atoms with Crippen molar-refractivity contribution in [2.75, 3.05) is 11.4 Å². The van der Waals surface area contributed by atoms with Crippen LogP contribution in [0.2, 0.25) is 0 Å². The molecule has 0 bridgehead atoms. The largest absolute Gasteiger partial charge is 0.477 e. The van der Waals surface area contributed by atoms with Gasteiger partial charge in [0.1, 0.15) is 17.4 Å². The van der Waals surface area contributed by atoms with Gasteiger partial charge in [0, 0.05) is 13.6 Å². The molecule has 1 atom stereocenters. The van der Waals surface area contributed by atoms with E-state index < -0.39 is 17.9 Å². The fourth-order valence-electron chi connectivity index (χ4n) is 2.71. The number of carbonyl (C=O) groups excluding carboxylic acids is 1. The number of carboxylic acids is 1. The number of rotatable bonds is 3. The second-order valence-corrected chi connectivity index (χ2v) is 4.82. The minimum atomic E-state index is -1.03. The first-order valence-corrected chi connectivity index (χ1v) is 6.26. The van der Waals surface area contributed by atoms with Crippen molar-refractivity contribution in [3.8, 4) is 0 Å². The number of anilines is 1. The molecule has 0 spiro atoms. The Balaban J connectivity index is 2.50. The molecule has 2 rings (SSSR count). The number of nitrogens with zero attached hydrogens (tertiary/aromatic N) is 3. The quantitative estimate of drug-likeness (QED) is 0.817. The zero-order valence-electron chi connectivity index (χ0n) is 11.1. The molecule has 1 amide bonds.